The van der Waals surface area contributed by atoms with E-state index in [1.54, 1.807) is 42.2 Å². The molecule has 4 rings (SSSR count). The largest absolute Gasteiger partial charge is 0.459 e. The number of carbonyl (C=O) groups is 3. The van der Waals surface area contributed by atoms with Crippen molar-refractivity contribution in [1.82, 2.24) is 15.1 Å². The molecule has 2 saturated heterocycles. The number of furan rings is 1. The Bertz CT molecular complexity index is 909. The minimum Gasteiger partial charge on any atom is -0.459 e. The summed E-state index contributed by atoms with van der Waals surface area (Å²) in [7, 11) is 0. The summed E-state index contributed by atoms with van der Waals surface area (Å²) in [4.78, 5) is 41.3. The van der Waals surface area contributed by atoms with Gasteiger partial charge in [-0.25, -0.2) is 0 Å². The number of benzene rings is 1. The molecule has 0 aliphatic carbocycles. The molecule has 2 N–H and O–H groups in total. The highest BCUT2D eigenvalue weighted by molar-refractivity contribution is 6.04. The Balaban J connectivity index is 1.51. The van der Waals surface area contributed by atoms with Gasteiger partial charge in [0.15, 0.2) is 5.76 Å². The number of nitrogens with one attached hydrogen (secondary N) is 2. The Kier molecular flexibility index (Phi) is 4.87. The van der Waals surface area contributed by atoms with E-state index in [9.17, 15) is 14.4 Å². The van der Waals surface area contributed by atoms with Crippen LogP contribution in [0.5, 0.6) is 0 Å². The maximum atomic E-state index is 13.1. The molecule has 0 radical (unpaired) electrons. The number of anilines is 1. The second-order valence-electron chi connectivity index (χ2n) is 7.00. The number of fused-ring (bicyclic) bond motifs is 1. The van der Waals surface area contributed by atoms with Crippen LogP contribution in [0.25, 0.3) is 0 Å². The first kappa shape index (κ1) is 18.2. The van der Waals surface area contributed by atoms with Crippen LogP contribution in [0.15, 0.2) is 41.0 Å². The van der Waals surface area contributed by atoms with Gasteiger partial charge in [0.1, 0.15) is 6.04 Å². The van der Waals surface area contributed by atoms with Crippen molar-refractivity contribution in [3.8, 4) is 0 Å². The van der Waals surface area contributed by atoms with Gasteiger partial charge in [0.25, 0.3) is 11.8 Å². The maximum absolute atomic E-state index is 13.1. The number of carbonyl (C=O) groups excluding carboxylic acids is 3. The third-order valence-electron chi connectivity index (χ3n) is 5.34. The van der Waals surface area contributed by atoms with Crippen LogP contribution in [-0.2, 0) is 4.79 Å². The molecule has 146 valence electrons. The molecule has 1 atom stereocenters. The van der Waals surface area contributed by atoms with Crippen LogP contribution >= 0.6 is 0 Å². The summed E-state index contributed by atoms with van der Waals surface area (Å²) in [6, 6.07) is 8.15. The van der Waals surface area contributed by atoms with E-state index in [0.717, 1.165) is 6.54 Å². The van der Waals surface area contributed by atoms with Gasteiger partial charge >= 0.3 is 0 Å². The Morgan fingerprint density at radius 2 is 2.04 bits per heavy atom. The number of amides is 3. The average molecular weight is 382 g/mol. The summed E-state index contributed by atoms with van der Waals surface area (Å²) in [5.74, 6) is -0.328. The van der Waals surface area contributed by atoms with Crippen molar-refractivity contribution in [2.75, 3.05) is 38.0 Å². The standard InChI is InChI=1S/C20H22N4O4/c1-13-14(4-2-5-15(13)22-19(26)17-6-3-11-28-17)20(27)24-10-9-23-8-7-21-18(25)16(23)12-24/h2-6,11,16H,7-10,12H2,1H3,(H,21,25)(H,22,26). The van der Waals surface area contributed by atoms with Gasteiger partial charge in [-0.3, -0.25) is 19.3 Å². The van der Waals surface area contributed by atoms with Crippen LogP contribution in [0, 0.1) is 6.92 Å². The average Bonchev–Trinajstić information content (AvgIpc) is 3.24. The van der Waals surface area contributed by atoms with E-state index in [1.165, 1.54) is 6.26 Å². The van der Waals surface area contributed by atoms with Gasteiger partial charge in [0.2, 0.25) is 5.91 Å². The molecule has 2 aliphatic rings. The fraction of sp³-hybridized carbons (Fsp3) is 0.350. The van der Waals surface area contributed by atoms with Crippen molar-refractivity contribution < 1.29 is 18.8 Å². The molecule has 2 fully saturated rings. The normalized spacial score (nSPS) is 19.7. The lowest BCUT2D eigenvalue weighted by atomic mass is 10.0. The number of piperazine rings is 2. The van der Waals surface area contributed by atoms with Crippen LogP contribution in [0.3, 0.4) is 0 Å². The van der Waals surface area contributed by atoms with Crippen LogP contribution in [0.2, 0.25) is 0 Å². The highest BCUT2D eigenvalue weighted by Crippen LogP contribution is 2.23. The maximum Gasteiger partial charge on any atom is 0.291 e. The molecule has 1 unspecified atom stereocenters. The quantitative estimate of drug-likeness (QED) is 0.829. The van der Waals surface area contributed by atoms with Crippen molar-refractivity contribution >= 4 is 23.4 Å². The van der Waals surface area contributed by atoms with Crippen molar-refractivity contribution in [2.24, 2.45) is 0 Å². The molecule has 28 heavy (non-hydrogen) atoms. The number of hydrogen-bond acceptors (Lipinski definition) is 5. The molecular weight excluding hydrogens is 360 g/mol. The molecule has 2 aromatic rings. The molecular formula is C20H22N4O4. The Morgan fingerprint density at radius 3 is 2.82 bits per heavy atom. The molecule has 3 heterocycles. The van der Waals surface area contributed by atoms with E-state index < -0.39 is 0 Å². The lowest BCUT2D eigenvalue weighted by Gasteiger charge is -2.43. The zero-order valence-electron chi connectivity index (χ0n) is 15.6. The van der Waals surface area contributed by atoms with Crippen molar-refractivity contribution in [1.29, 1.82) is 0 Å². The van der Waals surface area contributed by atoms with Crippen molar-refractivity contribution in [3.63, 3.8) is 0 Å². The van der Waals surface area contributed by atoms with Crippen molar-refractivity contribution in [2.45, 2.75) is 13.0 Å². The number of rotatable bonds is 3. The van der Waals surface area contributed by atoms with E-state index in [-0.39, 0.29) is 29.5 Å². The first-order valence-corrected chi connectivity index (χ1v) is 9.30. The minimum atomic E-state index is -0.370. The molecule has 0 saturated carbocycles. The summed E-state index contributed by atoms with van der Waals surface area (Å²) in [6.45, 7) is 4.88. The van der Waals surface area contributed by atoms with Crippen molar-refractivity contribution in [3.05, 3.63) is 53.5 Å². The number of hydrogen-bond donors (Lipinski definition) is 2. The molecule has 3 amide bonds. The SMILES string of the molecule is Cc1c(NC(=O)c2ccco2)cccc1C(=O)N1CCN2CCNC(=O)C2C1. The van der Waals surface area contributed by atoms with Crippen LogP contribution in [-0.4, -0.2) is 66.3 Å². The molecule has 1 aromatic heterocycles. The minimum absolute atomic E-state index is 0.0278. The van der Waals surface area contributed by atoms with Gasteiger partial charge in [-0.1, -0.05) is 6.07 Å². The smallest absolute Gasteiger partial charge is 0.291 e. The van der Waals surface area contributed by atoms with E-state index in [0.29, 0.717) is 43.0 Å². The molecule has 0 bridgehead atoms. The van der Waals surface area contributed by atoms with E-state index >= 15 is 0 Å². The van der Waals surface area contributed by atoms with Crippen LogP contribution in [0.1, 0.15) is 26.5 Å². The second kappa shape index (κ2) is 7.47. The van der Waals surface area contributed by atoms with Crippen LogP contribution < -0.4 is 10.6 Å². The van der Waals surface area contributed by atoms with Gasteiger partial charge in [-0.05, 0) is 36.8 Å². The van der Waals surface area contributed by atoms with Gasteiger partial charge in [0.05, 0.1) is 6.26 Å². The molecule has 8 nitrogen and oxygen atoms in total. The van der Waals surface area contributed by atoms with Crippen LogP contribution in [0.4, 0.5) is 5.69 Å². The Labute approximate surface area is 162 Å². The van der Waals surface area contributed by atoms with Gasteiger partial charge in [-0.2, -0.15) is 0 Å². The Hall–Kier alpha value is -3.13. The molecule has 1 aromatic carbocycles. The third-order valence-corrected chi connectivity index (χ3v) is 5.34. The fourth-order valence-corrected chi connectivity index (χ4v) is 3.73. The molecule has 0 spiro atoms. The summed E-state index contributed by atoms with van der Waals surface area (Å²) < 4.78 is 5.11. The Morgan fingerprint density at radius 1 is 1.18 bits per heavy atom. The monoisotopic (exact) mass is 382 g/mol. The second-order valence-corrected chi connectivity index (χ2v) is 7.00. The summed E-state index contributed by atoms with van der Waals surface area (Å²) in [5.41, 5.74) is 1.76. The zero-order chi connectivity index (χ0) is 19.7. The third kappa shape index (κ3) is 3.38. The predicted molar refractivity (Wildman–Crippen MR) is 102 cm³/mol. The fourth-order valence-electron chi connectivity index (χ4n) is 3.73. The highest BCUT2D eigenvalue weighted by Gasteiger charge is 2.36. The number of nitrogens with zero attached hydrogens (tertiary/aromatic N) is 2. The predicted octanol–water partition coefficient (Wildman–Crippen LogP) is 1.10. The van der Waals surface area contributed by atoms with Gasteiger partial charge in [-0.15, -0.1) is 0 Å². The summed E-state index contributed by atoms with van der Waals surface area (Å²) in [5, 5.41) is 5.65. The van der Waals surface area contributed by atoms with E-state index in [2.05, 4.69) is 15.5 Å². The van der Waals surface area contributed by atoms with E-state index in [4.69, 9.17) is 4.42 Å². The summed E-state index contributed by atoms with van der Waals surface area (Å²) in [6.07, 6.45) is 1.43. The van der Waals surface area contributed by atoms with Gasteiger partial charge < -0.3 is 20.0 Å². The van der Waals surface area contributed by atoms with Gasteiger partial charge in [0, 0.05) is 44.0 Å². The lowest BCUT2D eigenvalue weighted by molar-refractivity contribution is -0.131. The highest BCUT2D eigenvalue weighted by atomic mass is 16.3. The zero-order valence-corrected chi connectivity index (χ0v) is 15.6. The topological polar surface area (TPSA) is 94.9 Å². The lowest BCUT2D eigenvalue weighted by Crippen LogP contribution is -2.64. The summed E-state index contributed by atoms with van der Waals surface area (Å²) >= 11 is 0. The first-order valence-electron chi connectivity index (χ1n) is 9.30. The first-order chi connectivity index (χ1) is 13.5. The molecule has 2 aliphatic heterocycles. The molecule has 8 heteroatoms. The van der Waals surface area contributed by atoms with E-state index in [1.807, 2.05) is 0 Å².